The molecule has 1 aliphatic heterocycles. The smallest absolute Gasteiger partial charge is 0.410 e. The summed E-state index contributed by atoms with van der Waals surface area (Å²) in [5.74, 6) is -0.439. The topological polar surface area (TPSA) is 97.0 Å². The molecule has 2 unspecified atom stereocenters. The van der Waals surface area contributed by atoms with Crippen molar-refractivity contribution < 1.29 is 23.9 Å². The summed E-state index contributed by atoms with van der Waals surface area (Å²) in [6.07, 6.45) is 6.36. The van der Waals surface area contributed by atoms with Gasteiger partial charge >= 0.3 is 12.2 Å². The van der Waals surface area contributed by atoms with E-state index in [1.165, 1.54) is 7.11 Å². The molecule has 8 nitrogen and oxygen atoms in total. The van der Waals surface area contributed by atoms with E-state index in [1.54, 1.807) is 17.0 Å². The average Bonchev–Trinajstić information content (AvgIpc) is 3.35. The quantitative estimate of drug-likeness (QED) is 0.564. The molecule has 0 bridgehead atoms. The Hall–Kier alpha value is -2.48. The molecule has 1 aromatic rings. The number of rotatable bonds is 7. The number of carbonyl (C=O) groups excluding carboxylic acids is 3. The number of hydrogen-bond donors (Lipinski definition) is 2. The van der Waals surface area contributed by atoms with E-state index < -0.39 is 12.1 Å². The summed E-state index contributed by atoms with van der Waals surface area (Å²) in [7, 11) is 1.29. The lowest BCUT2D eigenvalue weighted by atomic mass is 9.75. The molecule has 0 spiro atoms. The van der Waals surface area contributed by atoms with Crippen LogP contribution in [-0.2, 0) is 14.3 Å². The number of ether oxygens (including phenoxy) is 2. The molecule has 2 aliphatic carbocycles. The fourth-order valence-corrected chi connectivity index (χ4v) is 5.41. The lowest BCUT2D eigenvalue weighted by molar-refractivity contribution is -0.124. The van der Waals surface area contributed by atoms with Gasteiger partial charge in [0.2, 0.25) is 5.91 Å². The minimum absolute atomic E-state index is 0.0632. The van der Waals surface area contributed by atoms with Crippen molar-refractivity contribution in [1.29, 1.82) is 0 Å². The highest BCUT2D eigenvalue weighted by molar-refractivity contribution is 6.30. The van der Waals surface area contributed by atoms with Gasteiger partial charge in [-0.15, -0.1) is 0 Å². The largest absolute Gasteiger partial charge is 0.453 e. The number of methoxy groups -OCH3 is 1. The standard InChI is InChI=1S/C26H36ClN3O5/c1-26(13-14-26)35-25(33)30-15-11-18(12-16-30)21(17-7-9-19(27)10-8-17)22(29-24(32)34-2)23(31)28-20-5-3-4-6-20/h7-10,18,20-22H,3-6,11-16H2,1-2H3,(H,28,31)(H,29,32). The second kappa shape index (κ2) is 11.1. The van der Waals surface area contributed by atoms with Crippen LogP contribution in [0.1, 0.15) is 69.8 Å². The van der Waals surface area contributed by atoms with Gasteiger partial charge < -0.3 is 25.0 Å². The second-order valence-corrected chi connectivity index (χ2v) is 10.8. The van der Waals surface area contributed by atoms with Gasteiger partial charge in [0, 0.05) is 30.1 Å². The van der Waals surface area contributed by atoms with Crippen LogP contribution >= 0.6 is 11.6 Å². The number of amides is 3. The van der Waals surface area contributed by atoms with E-state index in [2.05, 4.69) is 10.6 Å². The van der Waals surface area contributed by atoms with Gasteiger partial charge in [-0.3, -0.25) is 4.79 Å². The van der Waals surface area contributed by atoms with E-state index in [4.69, 9.17) is 21.1 Å². The Bertz CT molecular complexity index is 906. The normalized spacial score (nSPS) is 21.6. The number of hydrogen-bond acceptors (Lipinski definition) is 5. The highest BCUT2D eigenvalue weighted by Crippen LogP contribution is 2.40. The molecule has 4 rings (SSSR count). The van der Waals surface area contributed by atoms with Crippen LogP contribution in [0, 0.1) is 5.92 Å². The fourth-order valence-electron chi connectivity index (χ4n) is 5.28. The molecule has 1 heterocycles. The summed E-state index contributed by atoms with van der Waals surface area (Å²) in [5, 5.41) is 6.57. The van der Waals surface area contributed by atoms with E-state index in [1.807, 2.05) is 19.1 Å². The third kappa shape index (κ3) is 6.60. The SMILES string of the molecule is COC(=O)NC(C(=O)NC1CCCC1)C(c1ccc(Cl)cc1)C1CCN(C(=O)OC2(C)CC2)CC1. The summed E-state index contributed by atoms with van der Waals surface area (Å²) in [6.45, 7) is 3.04. The van der Waals surface area contributed by atoms with Crippen molar-refractivity contribution in [2.24, 2.45) is 5.92 Å². The molecular weight excluding hydrogens is 470 g/mol. The van der Waals surface area contributed by atoms with Crippen LogP contribution in [0.2, 0.25) is 5.02 Å². The predicted octanol–water partition coefficient (Wildman–Crippen LogP) is 4.61. The lowest BCUT2D eigenvalue weighted by Gasteiger charge is -2.39. The lowest BCUT2D eigenvalue weighted by Crippen LogP contribution is -2.54. The Labute approximate surface area is 212 Å². The predicted molar refractivity (Wildman–Crippen MR) is 132 cm³/mol. The fraction of sp³-hybridized carbons (Fsp3) is 0.654. The Balaban J connectivity index is 1.54. The van der Waals surface area contributed by atoms with Crippen molar-refractivity contribution in [2.45, 2.75) is 81.9 Å². The Morgan fingerprint density at radius 2 is 1.69 bits per heavy atom. The zero-order chi connectivity index (χ0) is 25.0. The van der Waals surface area contributed by atoms with Gasteiger partial charge in [-0.2, -0.15) is 0 Å². The highest BCUT2D eigenvalue weighted by Gasteiger charge is 2.44. The Morgan fingerprint density at radius 3 is 2.26 bits per heavy atom. The molecule has 3 fully saturated rings. The summed E-state index contributed by atoms with van der Waals surface area (Å²) in [5.41, 5.74) is 0.608. The zero-order valence-electron chi connectivity index (χ0n) is 20.6. The Kier molecular flexibility index (Phi) is 8.09. The van der Waals surface area contributed by atoms with E-state index in [9.17, 15) is 14.4 Å². The molecule has 9 heteroatoms. The second-order valence-electron chi connectivity index (χ2n) is 10.3. The summed E-state index contributed by atoms with van der Waals surface area (Å²) < 4.78 is 10.5. The van der Waals surface area contributed by atoms with E-state index in [-0.39, 0.29) is 35.5 Å². The van der Waals surface area contributed by atoms with Gasteiger partial charge in [-0.25, -0.2) is 9.59 Å². The van der Waals surface area contributed by atoms with Crippen LogP contribution in [0.5, 0.6) is 0 Å². The van der Waals surface area contributed by atoms with Gasteiger partial charge in [0.25, 0.3) is 0 Å². The number of likely N-dealkylation sites (tertiary alicyclic amines) is 1. The molecule has 35 heavy (non-hydrogen) atoms. The number of nitrogens with zero attached hydrogens (tertiary/aromatic N) is 1. The number of benzene rings is 1. The highest BCUT2D eigenvalue weighted by atomic mass is 35.5. The Morgan fingerprint density at radius 1 is 1.06 bits per heavy atom. The van der Waals surface area contributed by atoms with Gasteiger partial charge in [0.05, 0.1) is 7.11 Å². The summed E-state index contributed by atoms with van der Waals surface area (Å²) in [4.78, 5) is 40.2. The first-order valence-corrected chi connectivity index (χ1v) is 13.0. The third-order valence-electron chi connectivity index (χ3n) is 7.65. The van der Waals surface area contributed by atoms with Gasteiger partial charge in [-0.05, 0) is 69.1 Å². The van der Waals surface area contributed by atoms with Crippen LogP contribution in [0.4, 0.5) is 9.59 Å². The average molecular weight is 506 g/mol. The molecule has 1 saturated heterocycles. The molecule has 192 valence electrons. The van der Waals surface area contributed by atoms with Crippen molar-refractivity contribution in [2.75, 3.05) is 20.2 Å². The van der Waals surface area contributed by atoms with Crippen molar-refractivity contribution >= 4 is 29.7 Å². The van der Waals surface area contributed by atoms with Crippen molar-refractivity contribution in [3.8, 4) is 0 Å². The first-order valence-electron chi connectivity index (χ1n) is 12.7. The monoisotopic (exact) mass is 505 g/mol. The third-order valence-corrected chi connectivity index (χ3v) is 7.90. The molecular formula is C26H36ClN3O5. The molecule has 2 saturated carbocycles. The minimum Gasteiger partial charge on any atom is -0.453 e. The van der Waals surface area contributed by atoms with Crippen molar-refractivity contribution in [3.63, 3.8) is 0 Å². The molecule has 2 atom stereocenters. The van der Waals surface area contributed by atoms with Gasteiger partial charge in [0.1, 0.15) is 11.6 Å². The van der Waals surface area contributed by atoms with Crippen LogP contribution in [0.15, 0.2) is 24.3 Å². The number of alkyl carbamates (subject to hydrolysis) is 1. The molecule has 1 aromatic carbocycles. The van der Waals surface area contributed by atoms with Crippen LogP contribution in [0.3, 0.4) is 0 Å². The van der Waals surface area contributed by atoms with Gasteiger partial charge in [-0.1, -0.05) is 36.6 Å². The number of piperidine rings is 1. The minimum atomic E-state index is -0.807. The molecule has 0 aromatic heterocycles. The van der Waals surface area contributed by atoms with E-state index >= 15 is 0 Å². The maximum Gasteiger partial charge on any atom is 0.410 e. The molecule has 0 radical (unpaired) electrons. The zero-order valence-corrected chi connectivity index (χ0v) is 21.3. The van der Waals surface area contributed by atoms with E-state index in [0.717, 1.165) is 44.1 Å². The first kappa shape index (κ1) is 25.6. The number of carbonyl (C=O) groups is 3. The summed E-state index contributed by atoms with van der Waals surface area (Å²) >= 11 is 6.15. The van der Waals surface area contributed by atoms with Gasteiger partial charge in [0.15, 0.2) is 0 Å². The van der Waals surface area contributed by atoms with Crippen LogP contribution < -0.4 is 10.6 Å². The maximum absolute atomic E-state index is 13.5. The number of halogens is 1. The van der Waals surface area contributed by atoms with Crippen LogP contribution in [0.25, 0.3) is 0 Å². The first-order chi connectivity index (χ1) is 16.8. The van der Waals surface area contributed by atoms with E-state index in [0.29, 0.717) is 31.0 Å². The van der Waals surface area contributed by atoms with Crippen LogP contribution in [-0.4, -0.2) is 60.9 Å². The molecule has 3 amide bonds. The molecule has 2 N–H and O–H groups in total. The summed E-state index contributed by atoms with van der Waals surface area (Å²) in [6, 6.07) is 6.74. The number of nitrogens with one attached hydrogen (secondary N) is 2. The van der Waals surface area contributed by atoms with Crippen molar-refractivity contribution in [3.05, 3.63) is 34.9 Å². The molecule has 3 aliphatic rings. The van der Waals surface area contributed by atoms with Crippen molar-refractivity contribution in [1.82, 2.24) is 15.5 Å². The maximum atomic E-state index is 13.5.